The minimum atomic E-state index is -0.209. The Balaban J connectivity index is 1.83. The number of carbonyl (C=O) groups excluding carboxylic acids is 1. The second-order valence-corrected chi connectivity index (χ2v) is 5.43. The highest BCUT2D eigenvalue weighted by Gasteiger charge is 2.13. The lowest BCUT2D eigenvalue weighted by molar-refractivity contribution is -0.123. The van der Waals surface area contributed by atoms with E-state index in [2.05, 4.69) is 10.3 Å². The van der Waals surface area contributed by atoms with Crippen LogP contribution in [0.4, 0.5) is 0 Å². The highest BCUT2D eigenvalue weighted by Crippen LogP contribution is 2.17. The van der Waals surface area contributed by atoms with Gasteiger partial charge in [0.2, 0.25) is 0 Å². The minimum absolute atomic E-state index is 0.0689. The summed E-state index contributed by atoms with van der Waals surface area (Å²) in [5, 5.41) is 14.4. The number of nitrogens with zero attached hydrogens (tertiary/aromatic N) is 2. The number of thiazole rings is 1. The summed E-state index contributed by atoms with van der Waals surface area (Å²) in [5.41, 5.74) is 1.50. The van der Waals surface area contributed by atoms with Gasteiger partial charge >= 0.3 is 0 Å². The molecule has 2 aromatic rings. The number of ether oxygens (including phenoxy) is 1. The number of hydrogen-bond acceptors (Lipinski definition) is 5. The van der Waals surface area contributed by atoms with Crippen molar-refractivity contribution in [1.82, 2.24) is 10.3 Å². The molecule has 0 radical (unpaired) electrons. The first-order chi connectivity index (χ1) is 10.1. The van der Waals surface area contributed by atoms with Crippen molar-refractivity contribution < 1.29 is 9.53 Å². The van der Waals surface area contributed by atoms with Gasteiger partial charge in [-0.05, 0) is 38.1 Å². The molecule has 0 aliphatic carbocycles. The van der Waals surface area contributed by atoms with Crippen LogP contribution in [0.25, 0.3) is 0 Å². The van der Waals surface area contributed by atoms with Gasteiger partial charge in [-0.3, -0.25) is 4.79 Å². The Labute approximate surface area is 127 Å². The molecule has 1 aromatic carbocycles. The number of nitrogens with one attached hydrogen (secondary N) is 1. The Morgan fingerprint density at radius 2 is 2.19 bits per heavy atom. The van der Waals surface area contributed by atoms with E-state index in [0.717, 1.165) is 10.7 Å². The molecule has 2 rings (SSSR count). The fraction of sp³-hybridized carbons (Fsp3) is 0.267. The summed E-state index contributed by atoms with van der Waals surface area (Å²) < 4.78 is 5.37. The van der Waals surface area contributed by atoms with E-state index in [1.54, 1.807) is 24.3 Å². The van der Waals surface area contributed by atoms with Crippen molar-refractivity contribution in [3.63, 3.8) is 0 Å². The highest BCUT2D eigenvalue weighted by molar-refractivity contribution is 7.09. The van der Waals surface area contributed by atoms with Crippen molar-refractivity contribution in [3.05, 3.63) is 45.9 Å². The average Bonchev–Trinajstić information content (AvgIpc) is 2.92. The molecule has 1 amide bonds. The van der Waals surface area contributed by atoms with Crippen LogP contribution in [-0.4, -0.2) is 17.5 Å². The average molecular weight is 301 g/mol. The zero-order valence-corrected chi connectivity index (χ0v) is 12.6. The molecule has 0 aliphatic rings. The molecule has 108 valence electrons. The van der Waals surface area contributed by atoms with E-state index >= 15 is 0 Å². The van der Waals surface area contributed by atoms with Crippen molar-refractivity contribution in [2.24, 2.45) is 0 Å². The summed E-state index contributed by atoms with van der Waals surface area (Å²) in [7, 11) is 0. The molecular weight excluding hydrogens is 286 g/mol. The Morgan fingerprint density at radius 3 is 2.76 bits per heavy atom. The van der Waals surface area contributed by atoms with Gasteiger partial charge in [-0.1, -0.05) is 0 Å². The van der Waals surface area contributed by atoms with E-state index in [1.165, 1.54) is 11.3 Å². The third-order valence-corrected chi connectivity index (χ3v) is 3.88. The summed E-state index contributed by atoms with van der Waals surface area (Å²) in [5.74, 6) is 0.349. The Hall–Kier alpha value is -2.39. The summed E-state index contributed by atoms with van der Waals surface area (Å²) in [6.45, 7) is 3.74. The van der Waals surface area contributed by atoms with E-state index in [9.17, 15) is 4.79 Å². The summed E-state index contributed by atoms with van der Waals surface area (Å²) in [6, 6.07) is 8.51. The van der Waals surface area contributed by atoms with Crippen molar-refractivity contribution in [2.45, 2.75) is 19.9 Å². The zero-order chi connectivity index (χ0) is 15.2. The molecule has 1 N–H and O–H groups in total. The monoisotopic (exact) mass is 301 g/mol. The third-order valence-electron chi connectivity index (χ3n) is 2.74. The van der Waals surface area contributed by atoms with Crippen LogP contribution in [0.15, 0.2) is 29.6 Å². The van der Waals surface area contributed by atoms with Crippen molar-refractivity contribution in [3.8, 4) is 11.8 Å². The van der Waals surface area contributed by atoms with E-state index in [-0.39, 0.29) is 18.6 Å². The molecule has 0 spiro atoms. The topological polar surface area (TPSA) is 75.0 Å². The maximum Gasteiger partial charge on any atom is 0.258 e. The second kappa shape index (κ2) is 6.86. The summed E-state index contributed by atoms with van der Waals surface area (Å²) in [4.78, 5) is 16.2. The van der Waals surface area contributed by atoms with Crippen molar-refractivity contribution in [1.29, 1.82) is 5.26 Å². The fourth-order valence-corrected chi connectivity index (χ4v) is 2.49. The SMILES string of the molecule is Cc1csc(C(C)NC(=O)COc2ccc(C#N)cc2)n1. The number of nitriles is 1. The Kier molecular flexibility index (Phi) is 4.90. The van der Waals surface area contributed by atoms with Gasteiger partial charge in [-0.25, -0.2) is 4.98 Å². The molecule has 0 fully saturated rings. The molecule has 1 unspecified atom stereocenters. The first-order valence-corrected chi connectivity index (χ1v) is 7.31. The van der Waals surface area contributed by atoms with Crippen LogP contribution in [0.3, 0.4) is 0 Å². The molecule has 0 bridgehead atoms. The Bertz CT molecular complexity index is 658. The van der Waals surface area contributed by atoms with E-state index in [0.29, 0.717) is 11.3 Å². The summed E-state index contributed by atoms with van der Waals surface area (Å²) >= 11 is 1.52. The number of hydrogen-bond donors (Lipinski definition) is 1. The molecule has 5 nitrogen and oxygen atoms in total. The largest absolute Gasteiger partial charge is 0.484 e. The van der Waals surface area contributed by atoms with Gasteiger partial charge in [0.1, 0.15) is 10.8 Å². The molecule has 1 aromatic heterocycles. The predicted molar refractivity (Wildman–Crippen MR) is 80.1 cm³/mol. The molecule has 21 heavy (non-hydrogen) atoms. The molecule has 0 aliphatic heterocycles. The van der Waals surface area contributed by atoms with Gasteiger partial charge < -0.3 is 10.1 Å². The quantitative estimate of drug-likeness (QED) is 0.921. The number of aryl methyl sites for hydroxylation is 1. The van der Waals surface area contributed by atoms with Crippen LogP contribution in [0.1, 0.15) is 29.2 Å². The zero-order valence-electron chi connectivity index (χ0n) is 11.8. The van der Waals surface area contributed by atoms with Gasteiger partial charge in [0.25, 0.3) is 5.91 Å². The second-order valence-electron chi connectivity index (χ2n) is 4.54. The lowest BCUT2D eigenvalue weighted by Crippen LogP contribution is -2.31. The van der Waals surface area contributed by atoms with Gasteiger partial charge in [0.15, 0.2) is 6.61 Å². The van der Waals surface area contributed by atoms with Crippen molar-refractivity contribution in [2.75, 3.05) is 6.61 Å². The number of rotatable bonds is 5. The van der Waals surface area contributed by atoms with Crippen LogP contribution >= 0.6 is 11.3 Å². The lowest BCUT2D eigenvalue weighted by atomic mass is 10.2. The molecule has 0 saturated carbocycles. The standard InChI is InChI=1S/C15H15N3O2S/c1-10-9-21-15(17-10)11(2)18-14(19)8-20-13-5-3-12(7-16)4-6-13/h3-6,9,11H,8H2,1-2H3,(H,18,19). The number of benzene rings is 1. The molecule has 1 heterocycles. The van der Waals surface area contributed by atoms with Gasteiger partial charge in [0.05, 0.1) is 17.7 Å². The number of carbonyl (C=O) groups is 1. The molecule has 1 atom stereocenters. The van der Waals surface area contributed by atoms with Crippen LogP contribution in [-0.2, 0) is 4.79 Å². The fourth-order valence-electron chi connectivity index (χ4n) is 1.69. The molecule has 0 saturated heterocycles. The van der Waals surface area contributed by atoms with E-state index in [4.69, 9.17) is 10.00 Å². The van der Waals surface area contributed by atoms with Gasteiger partial charge in [0, 0.05) is 11.1 Å². The first-order valence-electron chi connectivity index (χ1n) is 6.43. The van der Waals surface area contributed by atoms with Gasteiger partial charge in [-0.2, -0.15) is 5.26 Å². The smallest absolute Gasteiger partial charge is 0.258 e. The van der Waals surface area contributed by atoms with Crippen LogP contribution in [0, 0.1) is 18.3 Å². The van der Waals surface area contributed by atoms with E-state index in [1.807, 2.05) is 25.3 Å². The number of aromatic nitrogens is 1. The van der Waals surface area contributed by atoms with Gasteiger partial charge in [-0.15, -0.1) is 11.3 Å². The number of amides is 1. The molecule has 6 heteroatoms. The third kappa shape index (κ3) is 4.29. The minimum Gasteiger partial charge on any atom is -0.484 e. The molecular formula is C15H15N3O2S. The lowest BCUT2D eigenvalue weighted by Gasteiger charge is -2.12. The van der Waals surface area contributed by atoms with E-state index < -0.39 is 0 Å². The van der Waals surface area contributed by atoms with Crippen LogP contribution in [0.2, 0.25) is 0 Å². The summed E-state index contributed by atoms with van der Waals surface area (Å²) in [6.07, 6.45) is 0. The maximum atomic E-state index is 11.8. The first kappa shape index (κ1) is 15.0. The van der Waals surface area contributed by atoms with Crippen molar-refractivity contribution >= 4 is 17.2 Å². The maximum absolute atomic E-state index is 11.8. The normalized spacial score (nSPS) is 11.5. The van der Waals surface area contributed by atoms with Crippen LogP contribution < -0.4 is 10.1 Å². The Morgan fingerprint density at radius 1 is 1.48 bits per heavy atom. The highest BCUT2D eigenvalue weighted by atomic mass is 32.1. The van der Waals surface area contributed by atoms with Crippen LogP contribution in [0.5, 0.6) is 5.75 Å². The predicted octanol–water partition coefficient (Wildman–Crippen LogP) is 2.58.